The maximum atomic E-state index is 13.1. The molecule has 0 saturated carbocycles. The second kappa shape index (κ2) is 5.47. The summed E-state index contributed by atoms with van der Waals surface area (Å²) in [5.74, 6) is -0.186. The zero-order valence-corrected chi connectivity index (χ0v) is 12.1. The minimum atomic E-state index is -0.186. The molecule has 0 aromatic heterocycles. The summed E-state index contributed by atoms with van der Waals surface area (Å²) in [4.78, 5) is 4.75. The number of hydrogen-bond donors (Lipinski definition) is 1. The van der Waals surface area contributed by atoms with Crippen LogP contribution in [-0.4, -0.2) is 43.2 Å². The molecule has 19 heavy (non-hydrogen) atoms. The number of nitrogens with zero attached hydrogens (tertiary/aromatic N) is 2. The minimum Gasteiger partial charge on any atom is -0.364 e. The highest BCUT2D eigenvalue weighted by molar-refractivity contribution is 5.49. The Labute approximate surface area is 115 Å². The lowest BCUT2D eigenvalue weighted by molar-refractivity contribution is 0.146. The van der Waals surface area contributed by atoms with Crippen LogP contribution in [0.1, 0.15) is 20.3 Å². The van der Waals surface area contributed by atoms with E-state index in [-0.39, 0.29) is 11.4 Å². The molecule has 1 aromatic rings. The van der Waals surface area contributed by atoms with Crippen molar-refractivity contribution in [3.63, 3.8) is 0 Å². The highest BCUT2D eigenvalue weighted by Crippen LogP contribution is 2.30. The largest absolute Gasteiger partial charge is 0.364 e. The fourth-order valence-electron chi connectivity index (χ4n) is 3.00. The van der Waals surface area contributed by atoms with Crippen LogP contribution >= 0.6 is 0 Å². The molecule has 2 N–H and O–H groups in total. The topological polar surface area (TPSA) is 32.5 Å². The van der Waals surface area contributed by atoms with Crippen LogP contribution in [0, 0.1) is 5.82 Å². The Kier molecular flexibility index (Phi) is 4.11. The van der Waals surface area contributed by atoms with Crippen LogP contribution < -0.4 is 10.6 Å². The summed E-state index contributed by atoms with van der Waals surface area (Å²) in [5.41, 5.74) is 6.82. The van der Waals surface area contributed by atoms with E-state index in [1.807, 2.05) is 12.1 Å². The smallest absolute Gasteiger partial charge is 0.123 e. The van der Waals surface area contributed by atoms with Gasteiger partial charge >= 0.3 is 0 Å². The van der Waals surface area contributed by atoms with Gasteiger partial charge in [0.1, 0.15) is 5.82 Å². The van der Waals surface area contributed by atoms with Gasteiger partial charge in [0.25, 0.3) is 0 Å². The van der Waals surface area contributed by atoms with Crippen molar-refractivity contribution in [3.05, 3.63) is 30.1 Å². The Morgan fingerprint density at radius 3 is 2.53 bits per heavy atom. The molecule has 1 unspecified atom stereocenters. The van der Waals surface area contributed by atoms with Crippen LogP contribution in [-0.2, 0) is 0 Å². The van der Waals surface area contributed by atoms with Crippen molar-refractivity contribution in [2.75, 3.05) is 31.6 Å². The first kappa shape index (κ1) is 14.3. The lowest BCUT2D eigenvalue weighted by atomic mass is 9.94. The monoisotopic (exact) mass is 265 g/mol. The van der Waals surface area contributed by atoms with Gasteiger partial charge in [-0.3, -0.25) is 4.90 Å². The van der Waals surface area contributed by atoms with Gasteiger partial charge in [0.15, 0.2) is 0 Å². The molecule has 0 spiro atoms. The number of benzene rings is 1. The van der Waals surface area contributed by atoms with E-state index in [9.17, 15) is 4.39 Å². The van der Waals surface area contributed by atoms with Gasteiger partial charge in [-0.15, -0.1) is 0 Å². The van der Waals surface area contributed by atoms with Gasteiger partial charge in [0, 0.05) is 30.4 Å². The van der Waals surface area contributed by atoms with Crippen LogP contribution in [0.3, 0.4) is 0 Å². The average molecular weight is 265 g/mol. The van der Waals surface area contributed by atoms with E-state index >= 15 is 0 Å². The highest BCUT2D eigenvalue weighted by atomic mass is 19.1. The SMILES string of the molecule is CN1CC(C)(C)N(c2ccc(F)cc2)CC1CCN. The fourth-order valence-corrected chi connectivity index (χ4v) is 3.00. The lowest BCUT2D eigenvalue weighted by Gasteiger charge is -2.51. The quantitative estimate of drug-likeness (QED) is 0.908. The molecule has 1 aromatic carbocycles. The standard InChI is InChI=1S/C15H24FN3/c1-15(2)11-18(3)14(8-9-17)10-19(15)13-6-4-12(16)5-7-13/h4-7,14H,8-11,17H2,1-3H3. The van der Waals surface area contributed by atoms with Crippen molar-refractivity contribution in [3.8, 4) is 0 Å². The summed E-state index contributed by atoms with van der Waals surface area (Å²) in [6.45, 7) is 7.07. The van der Waals surface area contributed by atoms with E-state index in [2.05, 4.69) is 30.7 Å². The Morgan fingerprint density at radius 1 is 1.32 bits per heavy atom. The predicted octanol–water partition coefficient (Wildman–Crippen LogP) is 2.07. The molecule has 4 heteroatoms. The third kappa shape index (κ3) is 3.07. The van der Waals surface area contributed by atoms with Gasteiger partial charge in [-0.1, -0.05) is 0 Å². The molecule has 1 heterocycles. The number of hydrogen-bond acceptors (Lipinski definition) is 3. The van der Waals surface area contributed by atoms with Crippen molar-refractivity contribution in [1.82, 2.24) is 4.90 Å². The van der Waals surface area contributed by atoms with Gasteiger partial charge in [-0.05, 0) is 58.1 Å². The summed E-state index contributed by atoms with van der Waals surface area (Å²) in [6.07, 6.45) is 0.990. The molecule has 1 aliphatic heterocycles. The molecule has 0 amide bonds. The van der Waals surface area contributed by atoms with Crippen molar-refractivity contribution in [2.45, 2.75) is 31.8 Å². The first-order valence-electron chi connectivity index (χ1n) is 6.87. The number of piperazine rings is 1. The first-order valence-corrected chi connectivity index (χ1v) is 6.87. The predicted molar refractivity (Wildman–Crippen MR) is 77.9 cm³/mol. The molecule has 1 fully saturated rings. The van der Waals surface area contributed by atoms with E-state index in [4.69, 9.17) is 5.73 Å². The zero-order valence-electron chi connectivity index (χ0n) is 12.1. The lowest BCUT2D eigenvalue weighted by Crippen LogP contribution is -2.62. The summed E-state index contributed by atoms with van der Waals surface area (Å²) in [7, 11) is 2.16. The second-order valence-electron chi connectivity index (χ2n) is 6.05. The second-order valence-corrected chi connectivity index (χ2v) is 6.05. The third-order valence-corrected chi connectivity index (χ3v) is 4.02. The van der Waals surface area contributed by atoms with E-state index < -0.39 is 0 Å². The number of nitrogens with two attached hydrogens (primary N) is 1. The molecule has 1 saturated heterocycles. The number of anilines is 1. The van der Waals surface area contributed by atoms with E-state index in [0.717, 1.165) is 25.2 Å². The summed E-state index contributed by atoms with van der Waals surface area (Å²) in [6, 6.07) is 7.25. The number of likely N-dealkylation sites (N-methyl/N-ethyl adjacent to an activating group) is 1. The summed E-state index contributed by atoms with van der Waals surface area (Å²) >= 11 is 0. The van der Waals surface area contributed by atoms with Crippen LogP contribution in [0.2, 0.25) is 0 Å². The Hall–Kier alpha value is -1.13. The molecule has 2 rings (SSSR count). The van der Waals surface area contributed by atoms with E-state index in [1.165, 1.54) is 12.1 Å². The Bertz CT molecular complexity index is 416. The maximum Gasteiger partial charge on any atom is 0.123 e. The van der Waals surface area contributed by atoms with Gasteiger partial charge in [-0.2, -0.15) is 0 Å². The maximum absolute atomic E-state index is 13.1. The van der Waals surface area contributed by atoms with Crippen molar-refractivity contribution < 1.29 is 4.39 Å². The zero-order chi connectivity index (χ0) is 14.0. The highest BCUT2D eigenvalue weighted by Gasteiger charge is 2.36. The molecule has 0 bridgehead atoms. The van der Waals surface area contributed by atoms with Crippen LogP contribution in [0.15, 0.2) is 24.3 Å². The van der Waals surface area contributed by atoms with Crippen LogP contribution in [0.5, 0.6) is 0 Å². The number of halogens is 1. The molecule has 1 aliphatic rings. The van der Waals surface area contributed by atoms with Gasteiger partial charge < -0.3 is 10.6 Å². The Morgan fingerprint density at radius 2 is 1.95 bits per heavy atom. The molecule has 1 atom stereocenters. The molecule has 0 radical (unpaired) electrons. The van der Waals surface area contributed by atoms with Crippen molar-refractivity contribution in [1.29, 1.82) is 0 Å². The minimum absolute atomic E-state index is 0.0394. The first-order chi connectivity index (χ1) is 8.94. The fraction of sp³-hybridized carbons (Fsp3) is 0.600. The molecule has 0 aliphatic carbocycles. The van der Waals surface area contributed by atoms with Gasteiger partial charge in [0.2, 0.25) is 0 Å². The van der Waals surface area contributed by atoms with Crippen molar-refractivity contribution in [2.24, 2.45) is 5.73 Å². The third-order valence-electron chi connectivity index (χ3n) is 4.02. The molecular weight excluding hydrogens is 241 g/mol. The van der Waals surface area contributed by atoms with Gasteiger partial charge in [0.05, 0.1) is 0 Å². The average Bonchev–Trinajstić information content (AvgIpc) is 2.33. The Balaban J connectivity index is 2.23. The van der Waals surface area contributed by atoms with Crippen LogP contribution in [0.25, 0.3) is 0 Å². The van der Waals surface area contributed by atoms with E-state index in [0.29, 0.717) is 12.6 Å². The molecule has 3 nitrogen and oxygen atoms in total. The summed E-state index contributed by atoms with van der Waals surface area (Å²) in [5, 5.41) is 0. The van der Waals surface area contributed by atoms with E-state index in [1.54, 1.807) is 0 Å². The van der Waals surface area contributed by atoms with Crippen LogP contribution in [0.4, 0.5) is 10.1 Å². The van der Waals surface area contributed by atoms with Crippen molar-refractivity contribution >= 4 is 5.69 Å². The number of rotatable bonds is 3. The molecule has 106 valence electrons. The molecular formula is C15H24FN3. The normalized spacial score (nSPS) is 23.6. The summed E-state index contributed by atoms with van der Waals surface area (Å²) < 4.78 is 13.1. The van der Waals surface area contributed by atoms with Gasteiger partial charge in [-0.25, -0.2) is 4.39 Å².